The number of benzene rings is 1. The quantitative estimate of drug-likeness (QED) is 0.822. The Labute approximate surface area is 149 Å². The van der Waals surface area contributed by atoms with Crippen molar-refractivity contribution >= 4 is 11.9 Å². The lowest BCUT2D eigenvalue weighted by atomic mass is 10.1. The fraction of sp³-hybridized carbons (Fsp3) is 0.579. The Kier molecular flexibility index (Phi) is 6.42. The fourth-order valence-corrected chi connectivity index (χ4v) is 2.83. The summed E-state index contributed by atoms with van der Waals surface area (Å²) < 4.78 is 5.67. The molecule has 1 aliphatic rings. The van der Waals surface area contributed by atoms with Crippen molar-refractivity contribution < 1.29 is 19.4 Å². The molecule has 0 aliphatic carbocycles. The largest absolute Gasteiger partial charge is 0.491 e. The molecule has 138 valence electrons. The minimum Gasteiger partial charge on any atom is -0.491 e. The van der Waals surface area contributed by atoms with Crippen LogP contribution in [0.25, 0.3) is 0 Å². The van der Waals surface area contributed by atoms with Gasteiger partial charge in [0.15, 0.2) is 0 Å². The van der Waals surface area contributed by atoms with Gasteiger partial charge in [-0.25, -0.2) is 4.79 Å². The normalized spacial score (nSPS) is 17.6. The molecule has 0 unspecified atom stereocenters. The molecule has 0 spiro atoms. The Bertz CT molecular complexity index is 632. The minimum atomic E-state index is -0.926. The van der Waals surface area contributed by atoms with Crippen molar-refractivity contribution in [2.45, 2.75) is 52.7 Å². The third-order valence-electron chi connectivity index (χ3n) is 4.64. The van der Waals surface area contributed by atoms with E-state index in [1.165, 1.54) is 0 Å². The Morgan fingerprint density at radius 3 is 2.68 bits per heavy atom. The number of carbonyl (C=O) groups excluding carboxylic acids is 2. The van der Waals surface area contributed by atoms with Gasteiger partial charge in [-0.15, -0.1) is 0 Å². The van der Waals surface area contributed by atoms with Gasteiger partial charge in [0.25, 0.3) is 0 Å². The number of hydrogen-bond acceptors (Lipinski definition) is 4. The maximum absolute atomic E-state index is 12.5. The number of aliphatic hydroxyl groups is 1. The number of imide groups is 1. The number of aliphatic hydroxyl groups excluding tert-OH is 1. The molecule has 3 amide bonds. The lowest BCUT2D eigenvalue weighted by Gasteiger charge is -2.38. The van der Waals surface area contributed by atoms with Crippen LogP contribution in [0, 0.1) is 13.8 Å². The molecule has 2 atom stereocenters. The molecule has 1 saturated heterocycles. The molecule has 1 aromatic carbocycles. The van der Waals surface area contributed by atoms with Gasteiger partial charge in [0, 0.05) is 19.0 Å². The summed E-state index contributed by atoms with van der Waals surface area (Å²) in [6.07, 6.45) is 0.192. The van der Waals surface area contributed by atoms with Crippen molar-refractivity contribution in [2.24, 2.45) is 0 Å². The van der Waals surface area contributed by atoms with Crippen molar-refractivity contribution in [3.63, 3.8) is 0 Å². The molecule has 0 radical (unpaired) electrons. The van der Waals surface area contributed by atoms with Crippen molar-refractivity contribution in [3.8, 4) is 5.75 Å². The number of aryl methyl sites for hydroxylation is 2. The predicted molar refractivity (Wildman–Crippen MR) is 95.6 cm³/mol. The molecule has 1 heterocycles. The first-order valence-corrected chi connectivity index (χ1v) is 8.82. The Morgan fingerprint density at radius 1 is 1.28 bits per heavy atom. The van der Waals surface area contributed by atoms with E-state index in [4.69, 9.17) is 4.74 Å². The zero-order chi connectivity index (χ0) is 18.6. The summed E-state index contributed by atoms with van der Waals surface area (Å²) in [4.78, 5) is 27.5. The molecule has 6 nitrogen and oxygen atoms in total. The van der Waals surface area contributed by atoms with E-state index >= 15 is 0 Å². The summed E-state index contributed by atoms with van der Waals surface area (Å²) >= 11 is 0. The molecular weight excluding hydrogens is 320 g/mol. The van der Waals surface area contributed by atoms with Gasteiger partial charge in [-0.1, -0.05) is 19.1 Å². The number of hydrogen-bond donors (Lipinski definition) is 1. The molecule has 0 saturated carbocycles. The van der Waals surface area contributed by atoms with Crippen LogP contribution >= 0.6 is 0 Å². The van der Waals surface area contributed by atoms with Gasteiger partial charge >= 0.3 is 6.03 Å². The molecular formula is C19H28N2O4. The van der Waals surface area contributed by atoms with E-state index in [9.17, 15) is 14.7 Å². The summed E-state index contributed by atoms with van der Waals surface area (Å²) in [6, 6.07) is 5.61. The molecule has 1 aliphatic heterocycles. The van der Waals surface area contributed by atoms with E-state index in [1.54, 1.807) is 4.90 Å². The number of urea groups is 1. The van der Waals surface area contributed by atoms with Crippen LogP contribution in [-0.4, -0.2) is 58.7 Å². The van der Waals surface area contributed by atoms with Crippen molar-refractivity contribution in [3.05, 3.63) is 29.3 Å². The van der Waals surface area contributed by atoms with Gasteiger partial charge in [-0.2, -0.15) is 0 Å². The molecule has 1 aromatic rings. The predicted octanol–water partition coefficient (Wildman–Crippen LogP) is 2.50. The van der Waals surface area contributed by atoms with E-state index in [-0.39, 0.29) is 31.1 Å². The number of ether oxygens (including phenoxy) is 1. The first-order valence-electron chi connectivity index (χ1n) is 8.82. The standard InChI is InChI=1S/C19H28N2O4/c1-5-15(4)20-9-8-18(23)21(19(20)24)11-16(22)12-25-17-10-13(2)6-7-14(17)3/h6-7,10,15-16,22H,5,8-9,11-12H2,1-4H3/t15-,16-/m1/s1. The topological polar surface area (TPSA) is 70.1 Å². The highest BCUT2D eigenvalue weighted by molar-refractivity contribution is 5.97. The molecule has 6 heteroatoms. The second-order valence-corrected chi connectivity index (χ2v) is 6.72. The summed E-state index contributed by atoms with van der Waals surface area (Å²) in [6.45, 7) is 8.30. The van der Waals surface area contributed by atoms with Crippen LogP contribution in [0.15, 0.2) is 18.2 Å². The zero-order valence-electron chi connectivity index (χ0n) is 15.5. The number of carbonyl (C=O) groups is 2. The summed E-state index contributed by atoms with van der Waals surface area (Å²) in [5.74, 6) is 0.465. The van der Waals surface area contributed by atoms with Crippen LogP contribution < -0.4 is 4.74 Å². The van der Waals surface area contributed by atoms with E-state index in [0.29, 0.717) is 18.7 Å². The maximum atomic E-state index is 12.5. The molecule has 25 heavy (non-hydrogen) atoms. The summed E-state index contributed by atoms with van der Waals surface area (Å²) in [7, 11) is 0. The Hall–Kier alpha value is -2.08. The van der Waals surface area contributed by atoms with Crippen LogP contribution in [0.3, 0.4) is 0 Å². The molecule has 0 aromatic heterocycles. The third kappa shape index (κ3) is 4.72. The monoisotopic (exact) mass is 348 g/mol. The molecule has 1 N–H and O–H groups in total. The Morgan fingerprint density at radius 2 is 2.00 bits per heavy atom. The van der Waals surface area contributed by atoms with E-state index in [0.717, 1.165) is 22.4 Å². The lowest BCUT2D eigenvalue weighted by Crippen LogP contribution is -2.56. The van der Waals surface area contributed by atoms with Crippen LogP contribution in [-0.2, 0) is 4.79 Å². The van der Waals surface area contributed by atoms with E-state index in [1.807, 2.05) is 45.9 Å². The van der Waals surface area contributed by atoms with Crippen LogP contribution in [0.4, 0.5) is 4.79 Å². The smallest absolute Gasteiger partial charge is 0.327 e. The average Bonchev–Trinajstić information content (AvgIpc) is 2.58. The van der Waals surface area contributed by atoms with Gasteiger partial charge in [0.2, 0.25) is 5.91 Å². The highest BCUT2D eigenvalue weighted by Crippen LogP contribution is 2.20. The zero-order valence-corrected chi connectivity index (χ0v) is 15.5. The number of nitrogens with zero attached hydrogens (tertiary/aromatic N) is 2. The minimum absolute atomic E-state index is 0.0324. The fourth-order valence-electron chi connectivity index (χ4n) is 2.83. The lowest BCUT2D eigenvalue weighted by molar-refractivity contribution is -0.132. The third-order valence-corrected chi connectivity index (χ3v) is 4.64. The highest BCUT2D eigenvalue weighted by Gasteiger charge is 2.35. The number of β-amino-alcohol motifs (C(OH)–C–C–N with tert-alkyl or cyclic N) is 1. The van der Waals surface area contributed by atoms with Gasteiger partial charge in [-0.05, 0) is 44.4 Å². The van der Waals surface area contributed by atoms with E-state index in [2.05, 4.69) is 0 Å². The maximum Gasteiger partial charge on any atom is 0.327 e. The van der Waals surface area contributed by atoms with Gasteiger partial charge in [0.05, 0.1) is 6.54 Å². The first-order chi connectivity index (χ1) is 11.8. The summed E-state index contributed by atoms with van der Waals surface area (Å²) in [5.41, 5.74) is 2.05. The van der Waals surface area contributed by atoms with Crippen LogP contribution in [0.1, 0.15) is 37.8 Å². The van der Waals surface area contributed by atoms with Crippen molar-refractivity contribution in [2.75, 3.05) is 19.7 Å². The molecule has 2 rings (SSSR count). The van der Waals surface area contributed by atoms with Crippen LogP contribution in [0.5, 0.6) is 5.75 Å². The van der Waals surface area contributed by atoms with Gasteiger partial charge in [0.1, 0.15) is 18.5 Å². The Balaban J connectivity index is 1.96. The average molecular weight is 348 g/mol. The number of rotatable bonds is 7. The van der Waals surface area contributed by atoms with Gasteiger partial charge < -0.3 is 14.7 Å². The highest BCUT2D eigenvalue weighted by atomic mass is 16.5. The van der Waals surface area contributed by atoms with Crippen LogP contribution in [0.2, 0.25) is 0 Å². The molecule has 1 fully saturated rings. The number of amides is 3. The SMILES string of the molecule is CC[C@@H](C)N1CCC(=O)N(C[C@@H](O)COc2cc(C)ccc2C)C1=O. The second kappa shape index (κ2) is 8.34. The van der Waals surface area contributed by atoms with Gasteiger partial charge in [-0.3, -0.25) is 9.69 Å². The van der Waals surface area contributed by atoms with Crippen molar-refractivity contribution in [1.82, 2.24) is 9.80 Å². The van der Waals surface area contributed by atoms with E-state index < -0.39 is 6.10 Å². The summed E-state index contributed by atoms with van der Waals surface area (Å²) in [5, 5.41) is 10.3. The molecule has 0 bridgehead atoms. The first kappa shape index (κ1) is 19.2. The second-order valence-electron chi connectivity index (χ2n) is 6.72. The van der Waals surface area contributed by atoms with Crippen molar-refractivity contribution in [1.29, 1.82) is 0 Å².